The lowest BCUT2D eigenvalue weighted by Crippen LogP contribution is -2.47. The van der Waals surface area contributed by atoms with Crippen molar-refractivity contribution in [2.24, 2.45) is 5.16 Å². The second-order valence-electron chi connectivity index (χ2n) is 9.59. The summed E-state index contributed by atoms with van der Waals surface area (Å²) >= 11 is 12.1. The molecule has 1 N–H and O–H groups in total. The summed E-state index contributed by atoms with van der Waals surface area (Å²) in [5, 5.41) is 8.19. The van der Waals surface area contributed by atoms with E-state index in [2.05, 4.69) is 29.2 Å². The number of halogens is 2. The minimum absolute atomic E-state index is 0.190. The van der Waals surface area contributed by atoms with Gasteiger partial charge < -0.3 is 20.0 Å². The van der Waals surface area contributed by atoms with Gasteiger partial charge in [0.1, 0.15) is 12.6 Å². The maximum Gasteiger partial charge on any atom is 0.254 e. The van der Waals surface area contributed by atoms with Gasteiger partial charge in [0.15, 0.2) is 0 Å². The van der Waals surface area contributed by atoms with Crippen molar-refractivity contribution in [2.45, 2.75) is 32.9 Å². The van der Waals surface area contributed by atoms with Crippen molar-refractivity contribution in [3.63, 3.8) is 0 Å². The zero-order chi connectivity index (χ0) is 28.5. The largest absolute Gasteiger partial charge is 0.391 e. The molecule has 40 heavy (non-hydrogen) atoms. The minimum atomic E-state index is -0.676. The molecule has 7 nitrogen and oxygen atoms in total. The summed E-state index contributed by atoms with van der Waals surface area (Å²) in [6.45, 7) is 7.64. The van der Waals surface area contributed by atoms with Crippen LogP contribution in [0.5, 0.6) is 0 Å². The molecule has 210 valence electrons. The zero-order valence-corrected chi connectivity index (χ0v) is 24.3. The molecule has 9 heteroatoms. The standard InChI is InChI=1S/C31H34Cl2N4O3/c1-3-36(4-2)17-16-34-30(38)29-19-26(35-40-21-22-10-15-27(32)28(33)18-22)20-37(29)31(39)25-13-11-24(12-14-25)23-8-6-5-7-9-23/h5-15,18,29H,3-4,16-17,19-21H2,1-2H3,(H,34,38)/b35-26+/t29-/m0/s1. The van der Waals surface area contributed by atoms with Crippen LogP contribution < -0.4 is 5.32 Å². The van der Waals surface area contributed by atoms with E-state index in [1.165, 1.54) is 0 Å². The predicted molar refractivity (Wildman–Crippen MR) is 161 cm³/mol. The summed E-state index contributed by atoms with van der Waals surface area (Å²) in [5.74, 6) is -0.422. The van der Waals surface area contributed by atoms with Gasteiger partial charge in [0, 0.05) is 25.1 Å². The van der Waals surface area contributed by atoms with Crippen LogP contribution in [0.2, 0.25) is 10.0 Å². The Labute approximate surface area is 245 Å². The molecule has 1 saturated heterocycles. The van der Waals surface area contributed by atoms with Crippen LogP contribution in [0, 0.1) is 0 Å². The number of likely N-dealkylation sites (N-methyl/N-ethyl adjacent to an activating group) is 1. The average molecular weight is 582 g/mol. The molecule has 3 aromatic rings. The number of benzene rings is 3. The molecule has 0 radical (unpaired) electrons. The molecule has 1 aliphatic heterocycles. The summed E-state index contributed by atoms with van der Waals surface area (Å²) in [6.07, 6.45) is 0.298. The number of oxime groups is 1. The van der Waals surface area contributed by atoms with Crippen molar-refractivity contribution in [1.29, 1.82) is 0 Å². The number of nitrogens with one attached hydrogen (secondary N) is 1. The van der Waals surface area contributed by atoms with Gasteiger partial charge in [-0.2, -0.15) is 0 Å². The maximum absolute atomic E-state index is 13.6. The quantitative estimate of drug-likeness (QED) is 0.286. The Bertz CT molecular complexity index is 1330. The van der Waals surface area contributed by atoms with Crippen LogP contribution in [0.3, 0.4) is 0 Å². The van der Waals surface area contributed by atoms with Gasteiger partial charge >= 0.3 is 0 Å². The summed E-state index contributed by atoms with van der Waals surface area (Å²) < 4.78 is 0. The Balaban J connectivity index is 1.47. The van der Waals surface area contributed by atoms with Gasteiger partial charge in [-0.1, -0.05) is 90.7 Å². The minimum Gasteiger partial charge on any atom is -0.391 e. The van der Waals surface area contributed by atoms with E-state index in [0.717, 1.165) is 36.3 Å². The molecule has 0 aliphatic carbocycles. The third-order valence-electron chi connectivity index (χ3n) is 6.99. The first-order chi connectivity index (χ1) is 19.4. The van der Waals surface area contributed by atoms with E-state index >= 15 is 0 Å². The topological polar surface area (TPSA) is 74.2 Å². The Kier molecular flexibility index (Phi) is 10.6. The van der Waals surface area contributed by atoms with Crippen LogP contribution in [-0.4, -0.2) is 66.1 Å². The fraction of sp³-hybridized carbons (Fsp3) is 0.323. The highest BCUT2D eigenvalue weighted by Crippen LogP contribution is 2.25. The van der Waals surface area contributed by atoms with E-state index < -0.39 is 6.04 Å². The highest BCUT2D eigenvalue weighted by atomic mass is 35.5. The van der Waals surface area contributed by atoms with Gasteiger partial charge in [-0.05, 0) is 54.0 Å². The molecule has 1 heterocycles. The summed E-state index contributed by atoms with van der Waals surface area (Å²) in [6, 6.07) is 22.0. The molecule has 0 unspecified atom stereocenters. The molecule has 0 saturated carbocycles. The first-order valence-electron chi connectivity index (χ1n) is 13.5. The number of amides is 2. The number of nitrogens with zero attached hydrogens (tertiary/aromatic N) is 3. The fourth-order valence-corrected chi connectivity index (χ4v) is 4.96. The van der Waals surface area contributed by atoms with Gasteiger partial charge in [0.2, 0.25) is 5.91 Å². The first-order valence-corrected chi connectivity index (χ1v) is 14.2. The van der Waals surface area contributed by atoms with Crippen molar-refractivity contribution in [1.82, 2.24) is 15.1 Å². The van der Waals surface area contributed by atoms with Crippen LogP contribution >= 0.6 is 23.2 Å². The summed E-state index contributed by atoms with van der Waals surface area (Å²) in [4.78, 5) is 36.2. The molecule has 4 rings (SSSR count). The number of hydrogen-bond donors (Lipinski definition) is 1. The monoisotopic (exact) mass is 580 g/mol. The van der Waals surface area contributed by atoms with Gasteiger partial charge in [0.25, 0.3) is 5.91 Å². The van der Waals surface area contributed by atoms with Crippen molar-refractivity contribution in [3.8, 4) is 11.1 Å². The number of hydrogen-bond acceptors (Lipinski definition) is 5. The van der Waals surface area contributed by atoms with Crippen LogP contribution in [0.15, 0.2) is 78.0 Å². The third-order valence-corrected chi connectivity index (χ3v) is 7.73. The van der Waals surface area contributed by atoms with E-state index in [0.29, 0.717) is 34.3 Å². The maximum atomic E-state index is 13.6. The van der Waals surface area contributed by atoms with Crippen LogP contribution in [0.4, 0.5) is 0 Å². The molecule has 2 amide bonds. The Morgan fingerprint density at radius 3 is 2.35 bits per heavy atom. The van der Waals surface area contributed by atoms with Crippen molar-refractivity contribution in [3.05, 3.63) is 94.0 Å². The molecule has 1 aliphatic rings. The van der Waals surface area contributed by atoms with Gasteiger partial charge in [0.05, 0.1) is 22.3 Å². The first kappa shape index (κ1) is 29.6. The molecule has 1 atom stereocenters. The molecule has 0 bridgehead atoms. The van der Waals surface area contributed by atoms with Crippen LogP contribution in [-0.2, 0) is 16.2 Å². The second kappa shape index (κ2) is 14.3. The van der Waals surface area contributed by atoms with Crippen molar-refractivity contribution in [2.75, 3.05) is 32.7 Å². The SMILES string of the molecule is CCN(CC)CCNC(=O)[C@@H]1C/C(=N\OCc2ccc(Cl)c(Cl)c2)CN1C(=O)c1ccc(-c2ccccc2)cc1. The van der Waals surface area contributed by atoms with E-state index in [9.17, 15) is 9.59 Å². The smallest absolute Gasteiger partial charge is 0.254 e. The number of rotatable bonds is 11. The Morgan fingerprint density at radius 1 is 0.975 bits per heavy atom. The van der Waals surface area contributed by atoms with E-state index in [4.69, 9.17) is 28.0 Å². The highest BCUT2D eigenvalue weighted by molar-refractivity contribution is 6.42. The van der Waals surface area contributed by atoms with Gasteiger partial charge in [-0.25, -0.2) is 0 Å². The normalized spacial score (nSPS) is 16.0. The molecule has 1 fully saturated rings. The fourth-order valence-electron chi connectivity index (χ4n) is 4.64. The third kappa shape index (κ3) is 7.62. The van der Waals surface area contributed by atoms with Crippen molar-refractivity contribution >= 4 is 40.7 Å². The summed E-state index contributed by atoms with van der Waals surface area (Å²) in [7, 11) is 0. The molecule has 0 spiro atoms. The number of likely N-dealkylation sites (tertiary alicyclic amines) is 1. The second-order valence-corrected chi connectivity index (χ2v) is 10.4. The van der Waals surface area contributed by atoms with E-state index in [-0.39, 0.29) is 25.0 Å². The number of carbonyl (C=O) groups excluding carboxylic acids is 2. The van der Waals surface area contributed by atoms with Crippen LogP contribution in [0.25, 0.3) is 11.1 Å². The Morgan fingerprint density at radius 2 is 1.68 bits per heavy atom. The molecular weight excluding hydrogens is 547 g/mol. The van der Waals surface area contributed by atoms with Gasteiger partial charge in [-0.3, -0.25) is 9.59 Å². The molecular formula is C31H34Cl2N4O3. The van der Waals surface area contributed by atoms with Crippen LogP contribution in [0.1, 0.15) is 36.2 Å². The zero-order valence-electron chi connectivity index (χ0n) is 22.8. The highest BCUT2D eigenvalue weighted by Gasteiger charge is 2.38. The lowest BCUT2D eigenvalue weighted by molar-refractivity contribution is -0.124. The lowest BCUT2D eigenvalue weighted by atomic mass is 10.0. The number of carbonyl (C=O) groups is 2. The van der Waals surface area contributed by atoms with E-state index in [1.807, 2.05) is 48.5 Å². The van der Waals surface area contributed by atoms with Gasteiger partial charge in [-0.15, -0.1) is 0 Å². The van der Waals surface area contributed by atoms with Crippen molar-refractivity contribution < 1.29 is 14.4 Å². The molecule has 0 aromatic heterocycles. The predicted octanol–water partition coefficient (Wildman–Crippen LogP) is 5.91. The summed E-state index contributed by atoms with van der Waals surface area (Å²) in [5.41, 5.74) is 4.04. The lowest BCUT2D eigenvalue weighted by Gasteiger charge is -2.24. The average Bonchev–Trinajstić information content (AvgIpc) is 3.41. The van der Waals surface area contributed by atoms with E-state index in [1.54, 1.807) is 29.2 Å². The Hall–Kier alpha value is -3.39. The molecule has 3 aromatic carbocycles.